The van der Waals surface area contributed by atoms with Crippen molar-refractivity contribution in [3.63, 3.8) is 0 Å². The molecule has 0 fully saturated rings. The third-order valence-electron chi connectivity index (χ3n) is 2.28. The molecule has 17 heavy (non-hydrogen) atoms. The highest BCUT2D eigenvalue weighted by Gasteiger charge is 2.22. The van der Waals surface area contributed by atoms with Crippen LogP contribution in [0.2, 0.25) is 0 Å². The highest BCUT2D eigenvalue weighted by Crippen LogP contribution is 2.01. The lowest BCUT2D eigenvalue weighted by Gasteiger charge is -2.18. The molecule has 0 radical (unpaired) electrons. The van der Waals surface area contributed by atoms with Crippen LogP contribution < -0.4 is 10.6 Å². The van der Waals surface area contributed by atoms with Crippen molar-refractivity contribution < 1.29 is 14.7 Å². The second-order valence-corrected chi connectivity index (χ2v) is 5.15. The van der Waals surface area contributed by atoms with Gasteiger partial charge in [-0.3, -0.25) is 0 Å². The molecule has 0 aliphatic rings. The molecule has 0 aromatic carbocycles. The quantitative estimate of drug-likeness (QED) is 0.580. The van der Waals surface area contributed by atoms with Gasteiger partial charge in [0.1, 0.15) is 6.04 Å². The predicted molar refractivity (Wildman–Crippen MR) is 70.4 cm³/mol. The van der Waals surface area contributed by atoms with Crippen molar-refractivity contribution in [1.82, 2.24) is 10.6 Å². The predicted octanol–water partition coefficient (Wildman–Crippen LogP) is 1.54. The molecule has 0 heterocycles. The topological polar surface area (TPSA) is 78.4 Å². The number of aliphatic carboxylic acids is 1. The molecule has 6 heteroatoms. The molecule has 0 spiro atoms. The van der Waals surface area contributed by atoms with E-state index in [1.54, 1.807) is 25.6 Å². The van der Waals surface area contributed by atoms with Crippen LogP contribution in [0.15, 0.2) is 0 Å². The molecule has 1 atom stereocenters. The maximum absolute atomic E-state index is 11.4. The molecule has 0 bridgehead atoms. The van der Waals surface area contributed by atoms with Crippen LogP contribution in [0.1, 0.15) is 26.7 Å². The number of unbranched alkanes of at least 4 members (excludes halogenated alkanes) is 1. The van der Waals surface area contributed by atoms with Crippen molar-refractivity contribution >= 4 is 23.8 Å². The van der Waals surface area contributed by atoms with E-state index in [9.17, 15) is 9.59 Å². The molecule has 0 saturated heterocycles. The number of carbonyl (C=O) groups is 2. The number of hydrogen-bond donors (Lipinski definition) is 3. The fraction of sp³-hybridized carbons (Fsp3) is 0.818. The fourth-order valence-corrected chi connectivity index (χ4v) is 1.77. The van der Waals surface area contributed by atoms with Crippen LogP contribution >= 0.6 is 11.8 Å². The van der Waals surface area contributed by atoms with Gasteiger partial charge in [-0.1, -0.05) is 13.8 Å². The zero-order valence-electron chi connectivity index (χ0n) is 10.7. The Morgan fingerprint density at radius 2 is 1.94 bits per heavy atom. The average Bonchev–Trinajstić information content (AvgIpc) is 2.24. The zero-order valence-corrected chi connectivity index (χ0v) is 11.5. The summed E-state index contributed by atoms with van der Waals surface area (Å²) < 4.78 is 0. The van der Waals surface area contributed by atoms with Gasteiger partial charge in [0.05, 0.1) is 0 Å². The van der Waals surface area contributed by atoms with Crippen molar-refractivity contribution in [2.75, 3.05) is 18.6 Å². The molecule has 5 nitrogen and oxygen atoms in total. The van der Waals surface area contributed by atoms with E-state index in [2.05, 4.69) is 10.6 Å². The minimum Gasteiger partial charge on any atom is -0.480 e. The molecule has 2 amide bonds. The maximum Gasteiger partial charge on any atom is 0.326 e. The molecule has 0 unspecified atom stereocenters. The maximum atomic E-state index is 11.4. The Morgan fingerprint density at radius 1 is 1.29 bits per heavy atom. The van der Waals surface area contributed by atoms with Gasteiger partial charge in [0.15, 0.2) is 0 Å². The number of hydrogen-bond acceptors (Lipinski definition) is 3. The lowest BCUT2D eigenvalue weighted by Crippen LogP contribution is -2.48. The summed E-state index contributed by atoms with van der Waals surface area (Å²) >= 11 is 1.77. The van der Waals surface area contributed by atoms with Gasteiger partial charge in [-0.25, -0.2) is 9.59 Å². The molecule has 0 aliphatic carbocycles. The summed E-state index contributed by atoms with van der Waals surface area (Å²) in [7, 11) is 0. The summed E-state index contributed by atoms with van der Waals surface area (Å²) in [6.07, 6.45) is 4.00. The van der Waals surface area contributed by atoms with E-state index in [1.165, 1.54) is 0 Å². The molecule has 0 aromatic heterocycles. The summed E-state index contributed by atoms with van der Waals surface area (Å²) in [5.74, 6) is -0.0557. The molecule has 100 valence electrons. The van der Waals surface area contributed by atoms with E-state index in [4.69, 9.17) is 5.11 Å². The van der Waals surface area contributed by atoms with E-state index in [0.29, 0.717) is 6.54 Å². The van der Waals surface area contributed by atoms with Gasteiger partial charge >= 0.3 is 12.0 Å². The van der Waals surface area contributed by atoms with Crippen LogP contribution in [0.4, 0.5) is 4.79 Å². The highest BCUT2D eigenvalue weighted by atomic mass is 32.2. The molecule has 3 N–H and O–H groups in total. The first-order valence-electron chi connectivity index (χ1n) is 5.75. The summed E-state index contributed by atoms with van der Waals surface area (Å²) in [5, 5.41) is 14.0. The number of carbonyl (C=O) groups excluding carboxylic acids is 1. The van der Waals surface area contributed by atoms with E-state index in [-0.39, 0.29) is 5.92 Å². The van der Waals surface area contributed by atoms with Crippen LogP contribution in [0.25, 0.3) is 0 Å². The monoisotopic (exact) mass is 262 g/mol. The van der Waals surface area contributed by atoms with E-state index >= 15 is 0 Å². The number of carboxylic acids is 1. The first-order valence-corrected chi connectivity index (χ1v) is 7.14. The second-order valence-electron chi connectivity index (χ2n) is 4.16. The summed E-state index contributed by atoms with van der Waals surface area (Å²) in [6, 6.07) is -1.24. The third kappa shape index (κ3) is 7.90. The van der Waals surface area contributed by atoms with Gasteiger partial charge in [-0.05, 0) is 30.8 Å². The van der Waals surface area contributed by atoms with Gasteiger partial charge in [0.2, 0.25) is 0 Å². The Bertz CT molecular complexity index is 247. The van der Waals surface area contributed by atoms with Gasteiger partial charge in [-0.2, -0.15) is 11.8 Å². The Kier molecular flexibility index (Phi) is 8.66. The minimum absolute atomic E-state index is 0.130. The Balaban J connectivity index is 3.80. The zero-order chi connectivity index (χ0) is 13.3. The van der Waals surface area contributed by atoms with Crippen molar-refractivity contribution in [1.29, 1.82) is 0 Å². The van der Waals surface area contributed by atoms with E-state index in [1.807, 2.05) is 6.26 Å². The normalized spacial score (nSPS) is 12.2. The lowest BCUT2D eigenvalue weighted by molar-refractivity contribution is -0.140. The largest absolute Gasteiger partial charge is 0.480 e. The van der Waals surface area contributed by atoms with E-state index in [0.717, 1.165) is 18.6 Å². The van der Waals surface area contributed by atoms with Gasteiger partial charge in [0, 0.05) is 6.54 Å². The number of rotatable bonds is 8. The Morgan fingerprint density at radius 3 is 2.41 bits per heavy atom. The van der Waals surface area contributed by atoms with Crippen molar-refractivity contribution in [2.24, 2.45) is 5.92 Å². The fourth-order valence-electron chi connectivity index (χ4n) is 1.28. The van der Waals surface area contributed by atoms with Crippen molar-refractivity contribution in [3.05, 3.63) is 0 Å². The number of urea groups is 1. The molecular weight excluding hydrogens is 240 g/mol. The molecule has 0 aromatic rings. The van der Waals surface area contributed by atoms with Crippen molar-refractivity contribution in [3.8, 4) is 0 Å². The number of thioether (sulfide) groups is 1. The smallest absolute Gasteiger partial charge is 0.326 e. The first-order chi connectivity index (χ1) is 7.99. The molecular formula is C11H22N2O3S. The molecule has 0 saturated carbocycles. The van der Waals surface area contributed by atoms with Gasteiger partial charge in [0.25, 0.3) is 0 Å². The minimum atomic E-state index is -1.00. The third-order valence-corrected chi connectivity index (χ3v) is 2.98. The lowest BCUT2D eigenvalue weighted by atomic mass is 10.1. The molecule has 0 rings (SSSR count). The SMILES string of the molecule is CSCCCCNC(=O)N[C@@H](C(=O)O)C(C)C. The van der Waals surface area contributed by atoms with Gasteiger partial charge < -0.3 is 15.7 Å². The number of carboxylic acid groups (broad SMARTS) is 1. The first kappa shape index (κ1) is 16.1. The standard InChI is InChI=1S/C11H22N2O3S/c1-8(2)9(10(14)15)13-11(16)12-6-4-5-7-17-3/h8-9H,4-7H2,1-3H3,(H,14,15)(H2,12,13,16)/t9-/m1/s1. The second kappa shape index (κ2) is 9.15. The van der Waals surface area contributed by atoms with Crippen LogP contribution in [0.5, 0.6) is 0 Å². The molecule has 0 aliphatic heterocycles. The highest BCUT2D eigenvalue weighted by molar-refractivity contribution is 7.98. The summed E-state index contributed by atoms with van der Waals surface area (Å²) in [4.78, 5) is 22.3. The van der Waals surface area contributed by atoms with Crippen LogP contribution in [0.3, 0.4) is 0 Å². The Hall–Kier alpha value is -0.910. The van der Waals surface area contributed by atoms with Crippen LogP contribution in [-0.2, 0) is 4.79 Å². The average molecular weight is 262 g/mol. The summed E-state index contributed by atoms with van der Waals surface area (Å²) in [5.41, 5.74) is 0. The van der Waals surface area contributed by atoms with Gasteiger partial charge in [-0.15, -0.1) is 0 Å². The van der Waals surface area contributed by atoms with Crippen LogP contribution in [-0.4, -0.2) is 41.7 Å². The summed E-state index contributed by atoms with van der Waals surface area (Å²) in [6.45, 7) is 4.10. The van der Waals surface area contributed by atoms with E-state index < -0.39 is 18.0 Å². The number of nitrogens with one attached hydrogen (secondary N) is 2. The van der Waals surface area contributed by atoms with Crippen molar-refractivity contribution in [2.45, 2.75) is 32.7 Å². The Labute approximate surface area is 107 Å². The number of amides is 2. The van der Waals surface area contributed by atoms with Crippen LogP contribution in [0, 0.1) is 5.92 Å².